The average Bonchev–Trinajstić information content (AvgIpc) is 1.95. The quantitative estimate of drug-likeness (QED) is 0.220. The van der Waals surface area contributed by atoms with Gasteiger partial charge in [0.15, 0.2) is 11.7 Å². The SMILES string of the molecule is NC(=O)C([C@@H](NO)C(=O)O)P(=O)(O)O. The molecule has 0 fully saturated rings. The Morgan fingerprint density at radius 1 is 1.36 bits per heavy atom. The fourth-order valence-corrected chi connectivity index (χ4v) is 1.70. The summed E-state index contributed by atoms with van der Waals surface area (Å²) in [5.74, 6) is -3.33. The molecular weight excluding hydrogens is 219 g/mol. The molecule has 0 radical (unpaired) electrons. The predicted molar refractivity (Wildman–Crippen MR) is 41.4 cm³/mol. The first kappa shape index (κ1) is 13.0. The highest BCUT2D eigenvalue weighted by atomic mass is 31.2. The van der Waals surface area contributed by atoms with Crippen molar-refractivity contribution < 1.29 is 34.3 Å². The molecule has 0 aliphatic rings. The van der Waals surface area contributed by atoms with Gasteiger partial charge in [-0.1, -0.05) is 0 Å². The van der Waals surface area contributed by atoms with Crippen LogP contribution in [-0.4, -0.2) is 43.7 Å². The minimum Gasteiger partial charge on any atom is -0.480 e. The van der Waals surface area contributed by atoms with Gasteiger partial charge in [0.05, 0.1) is 0 Å². The zero-order valence-corrected chi connectivity index (χ0v) is 7.59. The van der Waals surface area contributed by atoms with Gasteiger partial charge in [-0.3, -0.25) is 14.2 Å². The summed E-state index contributed by atoms with van der Waals surface area (Å²) in [7, 11) is -5.04. The van der Waals surface area contributed by atoms with Crippen LogP contribution < -0.4 is 11.2 Å². The number of amides is 1. The van der Waals surface area contributed by atoms with Crippen molar-refractivity contribution in [3.63, 3.8) is 0 Å². The van der Waals surface area contributed by atoms with Crippen molar-refractivity contribution in [2.75, 3.05) is 0 Å². The molecule has 9 nitrogen and oxygen atoms in total. The third-order valence-corrected chi connectivity index (χ3v) is 2.65. The number of nitrogens with one attached hydrogen (secondary N) is 1. The molecule has 0 aromatic rings. The molecule has 7 N–H and O–H groups in total. The lowest BCUT2D eigenvalue weighted by Crippen LogP contribution is -2.50. The van der Waals surface area contributed by atoms with E-state index in [4.69, 9.17) is 20.1 Å². The third-order valence-electron chi connectivity index (χ3n) is 1.37. The van der Waals surface area contributed by atoms with Crippen LogP contribution in [0.15, 0.2) is 0 Å². The molecule has 82 valence electrons. The molecule has 0 heterocycles. The number of carboxylic acid groups (broad SMARTS) is 1. The number of rotatable bonds is 5. The second kappa shape index (κ2) is 4.49. The molecule has 14 heavy (non-hydrogen) atoms. The highest BCUT2D eigenvalue weighted by Crippen LogP contribution is 2.42. The van der Waals surface area contributed by atoms with Crippen molar-refractivity contribution in [3.8, 4) is 0 Å². The van der Waals surface area contributed by atoms with Crippen LogP contribution in [0.1, 0.15) is 0 Å². The number of hydroxylamine groups is 1. The van der Waals surface area contributed by atoms with Crippen LogP contribution in [0.3, 0.4) is 0 Å². The highest BCUT2D eigenvalue weighted by molar-refractivity contribution is 7.53. The Balaban J connectivity index is 5.10. The summed E-state index contributed by atoms with van der Waals surface area (Å²) in [6, 6.07) is -2.15. The number of primary amides is 1. The first-order chi connectivity index (χ1) is 6.21. The molecule has 0 aromatic carbocycles. The second-order valence-electron chi connectivity index (χ2n) is 2.38. The monoisotopic (exact) mass is 228 g/mol. The summed E-state index contributed by atoms with van der Waals surface area (Å²) in [6.45, 7) is 0. The smallest absolute Gasteiger partial charge is 0.340 e. The van der Waals surface area contributed by atoms with Crippen molar-refractivity contribution in [2.45, 2.75) is 11.7 Å². The Hall–Kier alpha value is -0.990. The van der Waals surface area contributed by atoms with Crippen LogP contribution in [0.25, 0.3) is 0 Å². The van der Waals surface area contributed by atoms with E-state index < -0.39 is 31.2 Å². The Morgan fingerprint density at radius 2 is 1.79 bits per heavy atom. The van der Waals surface area contributed by atoms with E-state index >= 15 is 0 Å². The van der Waals surface area contributed by atoms with E-state index in [2.05, 4.69) is 5.73 Å². The molecule has 0 aliphatic heterocycles. The van der Waals surface area contributed by atoms with Crippen LogP contribution in [-0.2, 0) is 14.2 Å². The van der Waals surface area contributed by atoms with Crippen LogP contribution in [0.2, 0.25) is 0 Å². The number of hydrogen-bond acceptors (Lipinski definition) is 5. The van der Waals surface area contributed by atoms with E-state index in [1.807, 2.05) is 0 Å². The highest BCUT2D eigenvalue weighted by Gasteiger charge is 2.44. The summed E-state index contributed by atoms with van der Waals surface area (Å²) in [5.41, 5.74) is 3.37. The number of hydrogen-bond donors (Lipinski definition) is 6. The molecule has 0 aliphatic carbocycles. The molecule has 10 heteroatoms. The van der Waals surface area contributed by atoms with Gasteiger partial charge in [-0.2, -0.15) is 5.48 Å². The van der Waals surface area contributed by atoms with Crippen LogP contribution in [0.5, 0.6) is 0 Å². The Kier molecular flexibility index (Phi) is 4.17. The van der Waals surface area contributed by atoms with E-state index in [1.54, 1.807) is 0 Å². The lowest BCUT2D eigenvalue weighted by Gasteiger charge is -2.20. The second-order valence-corrected chi connectivity index (χ2v) is 4.12. The van der Waals surface area contributed by atoms with Gasteiger partial charge in [0.2, 0.25) is 5.91 Å². The normalized spacial score (nSPS) is 15.9. The van der Waals surface area contributed by atoms with Crippen LogP contribution in [0, 0.1) is 0 Å². The molecule has 1 amide bonds. The van der Waals surface area contributed by atoms with Crippen molar-refractivity contribution in [2.24, 2.45) is 5.73 Å². The number of carboxylic acids is 1. The minimum atomic E-state index is -5.04. The molecule has 0 spiro atoms. The first-order valence-electron chi connectivity index (χ1n) is 3.18. The van der Waals surface area contributed by atoms with Crippen molar-refractivity contribution in [3.05, 3.63) is 0 Å². The lowest BCUT2D eigenvalue weighted by molar-refractivity contribution is -0.144. The van der Waals surface area contributed by atoms with Crippen molar-refractivity contribution in [1.82, 2.24) is 5.48 Å². The topological polar surface area (TPSA) is 170 Å². The van der Waals surface area contributed by atoms with Gasteiger partial charge in [0.1, 0.15) is 0 Å². The van der Waals surface area contributed by atoms with E-state index in [9.17, 15) is 14.2 Å². The maximum absolute atomic E-state index is 10.7. The Labute approximate surface area is 77.6 Å². The van der Waals surface area contributed by atoms with E-state index in [1.165, 1.54) is 0 Å². The average molecular weight is 228 g/mol. The largest absolute Gasteiger partial charge is 0.480 e. The number of nitrogens with two attached hydrogens (primary N) is 1. The van der Waals surface area contributed by atoms with Gasteiger partial charge in [-0.25, -0.2) is 0 Å². The standard InChI is InChI=1S/C4H9N2O7P/c5-3(7)2(14(11,12)13)1(6-10)4(8)9/h1-2,6,10H,(H2,5,7)(H,8,9)(H2,11,12,13)/t1-,2?/m1/s1. The predicted octanol–water partition coefficient (Wildman–Crippen LogP) is -2.55. The zero-order valence-electron chi connectivity index (χ0n) is 6.69. The molecule has 0 rings (SSSR count). The molecule has 0 bridgehead atoms. The third kappa shape index (κ3) is 3.05. The Bertz CT molecular complexity index is 285. The molecule has 0 saturated carbocycles. The summed E-state index contributed by atoms with van der Waals surface area (Å²) < 4.78 is 10.7. The van der Waals surface area contributed by atoms with Crippen LogP contribution >= 0.6 is 7.60 Å². The van der Waals surface area contributed by atoms with Gasteiger partial charge in [0, 0.05) is 0 Å². The van der Waals surface area contributed by atoms with E-state index in [0.717, 1.165) is 5.48 Å². The van der Waals surface area contributed by atoms with Gasteiger partial charge in [-0.15, -0.1) is 0 Å². The van der Waals surface area contributed by atoms with Gasteiger partial charge in [-0.05, 0) is 0 Å². The molecule has 0 aromatic heterocycles. The van der Waals surface area contributed by atoms with Gasteiger partial charge in [0.25, 0.3) is 0 Å². The number of carbonyl (C=O) groups excluding carboxylic acids is 1. The molecule has 2 atom stereocenters. The number of carbonyl (C=O) groups is 2. The zero-order chi connectivity index (χ0) is 11.5. The fourth-order valence-electron chi connectivity index (χ4n) is 0.785. The summed E-state index contributed by atoms with van der Waals surface area (Å²) in [6.07, 6.45) is 0. The van der Waals surface area contributed by atoms with E-state index in [0.29, 0.717) is 0 Å². The van der Waals surface area contributed by atoms with Gasteiger partial charge >= 0.3 is 13.6 Å². The van der Waals surface area contributed by atoms with Gasteiger partial charge < -0.3 is 25.8 Å². The summed E-state index contributed by atoms with van der Waals surface area (Å²) >= 11 is 0. The first-order valence-corrected chi connectivity index (χ1v) is 4.87. The molecular formula is C4H9N2O7P. The Morgan fingerprint density at radius 3 is 1.86 bits per heavy atom. The molecule has 0 saturated heterocycles. The van der Waals surface area contributed by atoms with Crippen molar-refractivity contribution in [1.29, 1.82) is 0 Å². The number of aliphatic carboxylic acids is 1. The maximum atomic E-state index is 10.7. The fraction of sp³-hybridized carbons (Fsp3) is 0.500. The van der Waals surface area contributed by atoms with Crippen LogP contribution in [0.4, 0.5) is 0 Å². The summed E-state index contributed by atoms with van der Waals surface area (Å²) in [5, 5.41) is 16.7. The van der Waals surface area contributed by atoms with E-state index in [-0.39, 0.29) is 0 Å². The maximum Gasteiger partial charge on any atom is 0.340 e. The van der Waals surface area contributed by atoms with Crippen molar-refractivity contribution >= 4 is 19.5 Å². The lowest BCUT2D eigenvalue weighted by atomic mass is 10.2. The summed E-state index contributed by atoms with van der Waals surface area (Å²) in [4.78, 5) is 38.1. The molecule has 1 unspecified atom stereocenters. The minimum absolute atomic E-state index is 1.10.